The van der Waals surface area contributed by atoms with Gasteiger partial charge in [-0.2, -0.15) is 5.26 Å². The first-order valence-electron chi connectivity index (χ1n) is 13.3. The van der Waals surface area contributed by atoms with E-state index in [2.05, 4.69) is 104 Å². The minimum absolute atomic E-state index is 0.134. The minimum Gasteiger partial charge on any atom is -0.454 e. The lowest BCUT2D eigenvalue weighted by Gasteiger charge is -2.19. The molecule has 0 spiro atoms. The van der Waals surface area contributed by atoms with Gasteiger partial charge in [0, 0.05) is 28.5 Å². The van der Waals surface area contributed by atoms with Crippen LogP contribution in [0.1, 0.15) is 37.5 Å². The largest absolute Gasteiger partial charge is 0.454 e. The summed E-state index contributed by atoms with van der Waals surface area (Å²) >= 11 is 0. The van der Waals surface area contributed by atoms with E-state index in [0.717, 1.165) is 49.9 Å². The van der Waals surface area contributed by atoms with Crippen LogP contribution in [-0.2, 0) is 12.5 Å². The lowest BCUT2D eigenvalue weighted by molar-refractivity contribution is -0.660. The number of aromatic nitrogens is 1. The van der Waals surface area contributed by atoms with E-state index in [1.807, 2.05) is 38.4 Å². The van der Waals surface area contributed by atoms with Crippen LogP contribution in [0.3, 0.4) is 0 Å². The molecule has 2 aromatic heterocycles. The number of nitriles is 1. The van der Waals surface area contributed by atoms with Crippen LogP contribution in [0, 0.1) is 18.3 Å². The standard InChI is InChI=1S/C36H31N2O/c1-23-21-27(22-37)33-30-10-8-9-29(34(30)39-35(33)32(23)31-11-6-7-20-38(31)5)26-14-12-24(13-15-26)25-16-18-28(19-17-25)36(2,3)4/h6-21H,1-5H3/q+1. The predicted molar refractivity (Wildman–Crippen MR) is 159 cm³/mol. The number of nitrogens with zero attached hydrogens (tertiary/aromatic N) is 2. The van der Waals surface area contributed by atoms with Crippen molar-refractivity contribution in [1.29, 1.82) is 5.26 Å². The summed E-state index contributed by atoms with van der Waals surface area (Å²) in [5.74, 6) is 0. The molecule has 3 nitrogen and oxygen atoms in total. The average molecular weight is 508 g/mol. The molecular formula is C36H31N2O+. The quantitative estimate of drug-likeness (QED) is 0.224. The Balaban J connectivity index is 1.50. The van der Waals surface area contributed by atoms with E-state index >= 15 is 0 Å². The Kier molecular flexibility index (Phi) is 5.85. The normalized spacial score (nSPS) is 11.7. The molecule has 39 heavy (non-hydrogen) atoms. The maximum atomic E-state index is 10.0. The van der Waals surface area contributed by atoms with Crippen LogP contribution in [0.5, 0.6) is 0 Å². The van der Waals surface area contributed by atoms with Crippen LogP contribution in [0.25, 0.3) is 55.4 Å². The number of furan rings is 1. The molecule has 0 saturated carbocycles. The molecule has 0 radical (unpaired) electrons. The Bertz CT molecular complexity index is 1890. The smallest absolute Gasteiger partial charge is 0.216 e. The summed E-state index contributed by atoms with van der Waals surface area (Å²) in [6.07, 6.45) is 2.03. The SMILES string of the molecule is Cc1cc(C#N)c2c(oc3c(-c4ccc(-c5ccc(C(C)(C)C)cc5)cc4)cccc32)c1-c1cccc[n+]1C. The number of rotatable bonds is 3. The van der Waals surface area contributed by atoms with Gasteiger partial charge in [0.2, 0.25) is 5.69 Å². The molecule has 0 aliphatic heterocycles. The number of hydrogen-bond acceptors (Lipinski definition) is 2. The number of hydrogen-bond donors (Lipinski definition) is 0. The molecule has 0 N–H and O–H groups in total. The van der Waals surface area contributed by atoms with Crippen LogP contribution in [0.2, 0.25) is 0 Å². The fraction of sp³-hybridized carbons (Fsp3) is 0.167. The van der Waals surface area contributed by atoms with Crippen molar-refractivity contribution in [2.75, 3.05) is 0 Å². The third-order valence-electron chi connectivity index (χ3n) is 7.68. The molecule has 6 rings (SSSR count). The fourth-order valence-electron chi connectivity index (χ4n) is 5.52. The Morgan fingerprint density at radius 3 is 2.08 bits per heavy atom. The van der Waals surface area contributed by atoms with E-state index in [-0.39, 0.29) is 5.41 Å². The maximum absolute atomic E-state index is 10.0. The highest BCUT2D eigenvalue weighted by atomic mass is 16.3. The van der Waals surface area contributed by atoms with Crippen molar-refractivity contribution >= 4 is 21.9 Å². The molecule has 190 valence electrons. The second kappa shape index (κ2) is 9.26. The molecule has 0 amide bonds. The zero-order chi connectivity index (χ0) is 27.3. The van der Waals surface area contributed by atoms with Gasteiger partial charge in [-0.3, -0.25) is 0 Å². The van der Waals surface area contributed by atoms with Crippen molar-refractivity contribution in [3.63, 3.8) is 0 Å². The molecule has 4 aromatic carbocycles. The van der Waals surface area contributed by atoms with Gasteiger partial charge in [-0.1, -0.05) is 87.5 Å². The van der Waals surface area contributed by atoms with Gasteiger partial charge in [0.25, 0.3) is 0 Å². The molecule has 0 saturated heterocycles. The van der Waals surface area contributed by atoms with Gasteiger partial charge >= 0.3 is 0 Å². The Morgan fingerprint density at radius 2 is 1.44 bits per heavy atom. The van der Waals surface area contributed by atoms with Gasteiger partial charge in [-0.25, -0.2) is 4.57 Å². The van der Waals surface area contributed by atoms with E-state index < -0.39 is 0 Å². The second-order valence-electron chi connectivity index (χ2n) is 11.3. The van der Waals surface area contributed by atoms with Crippen LogP contribution < -0.4 is 4.57 Å². The molecule has 6 aromatic rings. The first-order chi connectivity index (χ1) is 18.8. The summed E-state index contributed by atoms with van der Waals surface area (Å²) in [6, 6.07) is 34.2. The van der Waals surface area contributed by atoms with E-state index in [0.29, 0.717) is 5.56 Å². The highest BCUT2D eigenvalue weighted by Gasteiger charge is 2.24. The van der Waals surface area contributed by atoms with E-state index in [1.54, 1.807) is 0 Å². The van der Waals surface area contributed by atoms with Gasteiger partial charge in [0.1, 0.15) is 12.6 Å². The second-order valence-corrected chi connectivity index (χ2v) is 11.3. The molecule has 0 atom stereocenters. The highest BCUT2D eigenvalue weighted by molar-refractivity contribution is 6.15. The molecule has 3 heteroatoms. The van der Waals surface area contributed by atoms with Gasteiger partial charge in [-0.15, -0.1) is 0 Å². The molecule has 0 fully saturated rings. The van der Waals surface area contributed by atoms with Crippen molar-refractivity contribution < 1.29 is 8.98 Å². The average Bonchev–Trinajstić information content (AvgIpc) is 3.32. The van der Waals surface area contributed by atoms with E-state index in [4.69, 9.17) is 4.42 Å². The number of pyridine rings is 1. The highest BCUT2D eigenvalue weighted by Crippen LogP contribution is 2.42. The van der Waals surface area contributed by atoms with E-state index in [9.17, 15) is 5.26 Å². The molecule has 0 aliphatic carbocycles. The van der Waals surface area contributed by atoms with Crippen LogP contribution in [-0.4, -0.2) is 0 Å². The third-order valence-corrected chi connectivity index (χ3v) is 7.68. The summed E-state index contributed by atoms with van der Waals surface area (Å²) in [5, 5.41) is 11.9. The summed E-state index contributed by atoms with van der Waals surface area (Å²) in [6.45, 7) is 8.75. The zero-order valence-electron chi connectivity index (χ0n) is 23.0. The summed E-state index contributed by atoms with van der Waals surface area (Å²) < 4.78 is 8.79. The Hall–Kier alpha value is -4.68. The third kappa shape index (κ3) is 4.19. The van der Waals surface area contributed by atoms with Crippen molar-refractivity contribution in [3.05, 3.63) is 114 Å². The lowest BCUT2D eigenvalue weighted by atomic mass is 9.86. The molecule has 0 bridgehead atoms. The fourth-order valence-corrected chi connectivity index (χ4v) is 5.52. The minimum atomic E-state index is 0.134. The molecule has 2 heterocycles. The monoisotopic (exact) mass is 507 g/mol. The summed E-state index contributed by atoms with van der Waals surface area (Å²) in [5.41, 5.74) is 11.2. The molecular weight excluding hydrogens is 476 g/mol. The lowest BCUT2D eigenvalue weighted by Crippen LogP contribution is -2.30. The van der Waals surface area contributed by atoms with Gasteiger partial charge in [0.15, 0.2) is 11.8 Å². The van der Waals surface area contributed by atoms with Crippen molar-refractivity contribution in [2.45, 2.75) is 33.1 Å². The van der Waals surface area contributed by atoms with Crippen LogP contribution in [0.4, 0.5) is 0 Å². The first-order valence-corrected chi connectivity index (χ1v) is 13.3. The van der Waals surface area contributed by atoms with Crippen molar-refractivity contribution in [1.82, 2.24) is 0 Å². The van der Waals surface area contributed by atoms with E-state index in [1.165, 1.54) is 16.7 Å². The first kappa shape index (κ1) is 24.6. The summed E-state index contributed by atoms with van der Waals surface area (Å²) in [4.78, 5) is 0. The maximum Gasteiger partial charge on any atom is 0.216 e. The topological polar surface area (TPSA) is 40.8 Å². The Labute approximate surface area is 229 Å². The number of fused-ring (bicyclic) bond motifs is 3. The zero-order valence-corrected chi connectivity index (χ0v) is 23.0. The van der Waals surface area contributed by atoms with Crippen LogP contribution in [0.15, 0.2) is 102 Å². The van der Waals surface area contributed by atoms with Crippen molar-refractivity contribution in [2.24, 2.45) is 7.05 Å². The van der Waals surface area contributed by atoms with Crippen LogP contribution >= 0.6 is 0 Å². The molecule has 0 unspecified atom stereocenters. The van der Waals surface area contributed by atoms with Gasteiger partial charge in [-0.05, 0) is 52.3 Å². The summed E-state index contributed by atoms with van der Waals surface area (Å²) in [7, 11) is 2.03. The predicted octanol–water partition coefficient (Wildman–Crippen LogP) is 8.89. The number of aryl methyl sites for hydroxylation is 2. The molecule has 0 aliphatic rings. The van der Waals surface area contributed by atoms with Crippen molar-refractivity contribution in [3.8, 4) is 39.6 Å². The van der Waals surface area contributed by atoms with Gasteiger partial charge in [0.05, 0.1) is 17.2 Å². The number of benzene rings is 4. The van der Waals surface area contributed by atoms with Gasteiger partial charge < -0.3 is 4.42 Å². The number of para-hydroxylation sites is 1. The Morgan fingerprint density at radius 1 is 0.769 bits per heavy atom.